The molecular weight excluding hydrogens is 528 g/mol. The second kappa shape index (κ2) is 13.5. The van der Waals surface area contributed by atoms with Gasteiger partial charge in [0.2, 0.25) is 0 Å². The maximum atomic E-state index is 5.58. The molecule has 3 aromatic rings. The Morgan fingerprint density at radius 3 is 2.59 bits per heavy atom. The van der Waals surface area contributed by atoms with Crippen molar-refractivity contribution in [2.75, 3.05) is 56.8 Å². The molecule has 2 N–H and O–H groups in total. The number of fused-ring (bicyclic) bond motifs is 1. The van der Waals surface area contributed by atoms with Crippen LogP contribution in [-0.2, 0) is 11.3 Å². The lowest BCUT2D eigenvalue weighted by Crippen LogP contribution is -2.49. The summed E-state index contributed by atoms with van der Waals surface area (Å²) >= 11 is 1.71. The fourth-order valence-electron chi connectivity index (χ4n) is 6.28. The number of hydrogen-bond acceptors (Lipinski definition) is 6. The topological polar surface area (TPSA) is 50.7 Å². The first-order valence-corrected chi connectivity index (χ1v) is 16.3. The van der Waals surface area contributed by atoms with Crippen LogP contribution >= 0.6 is 11.8 Å². The smallest absolute Gasteiger partial charge is 0.143 e. The van der Waals surface area contributed by atoms with Gasteiger partial charge in [0, 0.05) is 47.2 Å². The average molecular weight is 575 g/mol. The first-order chi connectivity index (χ1) is 19.9. The lowest BCUT2D eigenvalue weighted by molar-refractivity contribution is 0.00491. The minimum atomic E-state index is 0.0951. The number of anilines is 2. The fourth-order valence-corrected chi connectivity index (χ4v) is 6.70. The van der Waals surface area contributed by atoms with E-state index in [1.54, 1.807) is 18.9 Å². The van der Waals surface area contributed by atoms with Crippen LogP contribution in [0.3, 0.4) is 0 Å². The summed E-state index contributed by atoms with van der Waals surface area (Å²) in [7, 11) is 1.71. The summed E-state index contributed by atoms with van der Waals surface area (Å²) in [6, 6.07) is 15.9. The molecule has 1 aromatic heterocycles. The second-order valence-corrected chi connectivity index (χ2v) is 12.9. The molecule has 0 radical (unpaired) electrons. The van der Waals surface area contributed by atoms with Gasteiger partial charge in [-0.25, -0.2) is 0 Å². The molecule has 2 fully saturated rings. The molecule has 0 bridgehead atoms. The first-order valence-electron chi connectivity index (χ1n) is 15.1. The molecule has 6 nitrogen and oxygen atoms in total. The van der Waals surface area contributed by atoms with E-state index in [4.69, 9.17) is 9.47 Å². The van der Waals surface area contributed by atoms with E-state index in [1.165, 1.54) is 47.2 Å². The van der Waals surface area contributed by atoms with Gasteiger partial charge in [0.05, 0.1) is 43.8 Å². The molecule has 1 saturated carbocycles. The monoisotopic (exact) mass is 574 g/mol. The van der Waals surface area contributed by atoms with E-state index in [9.17, 15) is 0 Å². The molecule has 7 heteroatoms. The Hall–Kier alpha value is -2.79. The van der Waals surface area contributed by atoms with Crippen molar-refractivity contribution in [1.82, 2.24) is 9.47 Å². The maximum absolute atomic E-state index is 5.58. The average Bonchev–Trinajstić information content (AvgIpc) is 3.33. The van der Waals surface area contributed by atoms with Crippen molar-refractivity contribution < 1.29 is 9.47 Å². The third kappa shape index (κ3) is 7.17. The minimum Gasteiger partial charge on any atom is -0.495 e. The molecular formula is C34H46N4O2S. The van der Waals surface area contributed by atoms with Crippen molar-refractivity contribution in [3.8, 4) is 17.6 Å². The molecule has 1 saturated heterocycles. The second-order valence-electron chi connectivity index (χ2n) is 12.1. The molecule has 41 heavy (non-hydrogen) atoms. The van der Waals surface area contributed by atoms with Crippen molar-refractivity contribution in [3.05, 3.63) is 48.2 Å². The van der Waals surface area contributed by atoms with Gasteiger partial charge in [0.1, 0.15) is 5.75 Å². The zero-order valence-electron chi connectivity index (χ0n) is 25.4. The van der Waals surface area contributed by atoms with Crippen LogP contribution in [0.25, 0.3) is 10.9 Å². The number of hydrogen-bond donors (Lipinski definition) is 2. The molecule has 2 heterocycles. The van der Waals surface area contributed by atoms with Gasteiger partial charge in [-0.05, 0) is 87.1 Å². The Labute approximate surface area is 250 Å². The SMILES string of the molecule is COc1cc(SC)ccc1NCC#Cc1cc2c(N[C@]3(C)CC[C@H](N4CCOCC4)CC3)cccc2n1CC(C)C. The molecule has 0 unspecified atom stereocenters. The number of nitrogens with one attached hydrogen (secondary N) is 2. The van der Waals surface area contributed by atoms with Gasteiger partial charge < -0.3 is 24.7 Å². The van der Waals surface area contributed by atoms with Crippen molar-refractivity contribution in [3.63, 3.8) is 0 Å². The summed E-state index contributed by atoms with van der Waals surface area (Å²) in [6.45, 7) is 12.3. The van der Waals surface area contributed by atoms with Gasteiger partial charge >= 0.3 is 0 Å². The molecule has 0 spiro atoms. The number of ether oxygens (including phenoxy) is 2. The molecule has 0 atom stereocenters. The summed E-state index contributed by atoms with van der Waals surface area (Å²) in [5.41, 5.74) is 4.59. The molecule has 2 aliphatic rings. The van der Waals surface area contributed by atoms with Crippen molar-refractivity contribution in [2.45, 2.75) is 69.5 Å². The van der Waals surface area contributed by atoms with Crippen LogP contribution < -0.4 is 15.4 Å². The minimum absolute atomic E-state index is 0.0951. The van der Waals surface area contributed by atoms with Crippen LogP contribution in [-0.4, -0.2) is 67.3 Å². The largest absolute Gasteiger partial charge is 0.495 e. The summed E-state index contributed by atoms with van der Waals surface area (Å²) in [4.78, 5) is 3.82. The van der Waals surface area contributed by atoms with Crippen LogP contribution in [0.2, 0.25) is 0 Å². The van der Waals surface area contributed by atoms with Crippen LogP contribution in [0.1, 0.15) is 52.1 Å². The van der Waals surface area contributed by atoms with Gasteiger partial charge in [-0.3, -0.25) is 4.90 Å². The Kier molecular flexibility index (Phi) is 9.75. The van der Waals surface area contributed by atoms with E-state index in [0.29, 0.717) is 18.5 Å². The number of thioether (sulfide) groups is 1. The highest BCUT2D eigenvalue weighted by Gasteiger charge is 2.34. The van der Waals surface area contributed by atoms with Crippen molar-refractivity contribution in [2.24, 2.45) is 5.92 Å². The third-order valence-electron chi connectivity index (χ3n) is 8.54. The lowest BCUT2D eigenvalue weighted by atomic mass is 9.80. The number of morpholine rings is 1. The Morgan fingerprint density at radius 1 is 1.10 bits per heavy atom. The van der Waals surface area contributed by atoms with E-state index in [-0.39, 0.29) is 5.54 Å². The number of rotatable bonds is 9. The third-order valence-corrected chi connectivity index (χ3v) is 9.27. The van der Waals surface area contributed by atoms with Gasteiger partial charge in [0.25, 0.3) is 0 Å². The zero-order chi connectivity index (χ0) is 28.8. The van der Waals surface area contributed by atoms with E-state index < -0.39 is 0 Å². The predicted octanol–water partition coefficient (Wildman–Crippen LogP) is 6.94. The highest BCUT2D eigenvalue weighted by molar-refractivity contribution is 7.98. The molecule has 0 amide bonds. The van der Waals surface area contributed by atoms with E-state index >= 15 is 0 Å². The highest BCUT2D eigenvalue weighted by Crippen LogP contribution is 2.37. The van der Waals surface area contributed by atoms with E-state index in [1.807, 2.05) is 0 Å². The summed E-state index contributed by atoms with van der Waals surface area (Å²) in [5, 5.41) is 8.69. The summed E-state index contributed by atoms with van der Waals surface area (Å²) < 4.78 is 13.6. The first kappa shape index (κ1) is 29.7. The number of methoxy groups -OCH3 is 1. The fraction of sp³-hybridized carbons (Fsp3) is 0.529. The van der Waals surface area contributed by atoms with E-state index in [2.05, 4.69) is 101 Å². The standard InChI is InChI=1S/C34H46N4O2S/c1-25(2)24-38-27(8-7-17-35-31-12-11-28(41-5)23-33(31)39-4)22-29-30(9-6-10-32(29)38)36-34(3)15-13-26(14-16-34)37-18-20-40-21-19-37/h6,9-12,22-23,25-26,35-36H,13-21,24H2,1-5H3/t26-,34+. The van der Waals surface area contributed by atoms with Gasteiger partial charge in [0.15, 0.2) is 0 Å². The maximum Gasteiger partial charge on any atom is 0.143 e. The Morgan fingerprint density at radius 2 is 1.88 bits per heavy atom. The highest BCUT2D eigenvalue weighted by atomic mass is 32.2. The van der Waals surface area contributed by atoms with E-state index in [0.717, 1.165) is 50.0 Å². The lowest BCUT2D eigenvalue weighted by Gasteiger charge is -2.43. The summed E-state index contributed by atoms with van der Waals surface area (Å²) in [6.07, 6.45) is 6.91. The molecule has 5 rings (SSSR count). The molecule has 220 valence electrons. The van der Waals surface area contributed by atoms with Crippen molar-refractivity contribution >= 4 is 34.0 Å². The van der Waals surface area contributed by atoms with Gasteiger partial charge in [-0.1, -0.05) is 25.8 Å². The molecule has 2 aromatic carbocycles. The quantitative estimate of drug-likeness (QED) is 0.213. The Balaban J connectivity index is 1.33. The van der Waals surface area contributed by atoms with Crippen LogP contribution in [0.4, 0.5) is 11.4 Å². The summed E-state index contributed by atoms with van der Waals surface area (Å²) in [5.74, 6) is 8.22. The number of nitrogens with zero attached hydrogens (tertiary/aromatic N) is 2. The molecule has 1 aliphatic carbocycles. The normalized spacial score (nSPS) is 21.5. The number of benzene rings is 2. The predicted molar refractivity (Wildman–Crippen MR) is 174 cm³/mol. The van der Waals surface area contributed by atoms with Crippen LogP contribution in [0, 0.1) is 17.8 Å². The molecule has 1 aliphatic heterocycles. The van der Waals surface area contributed by atoms with Crippen LogP contribution in [0.15, 0.2) is 47.4 Å². The van der Waals surface area contributed by atoms with Crippen molar-refractivity contribution in [1.29, 1.82) is 0 Å². The zero-order valence-corrected chi connectivity index (χ0v) is 26.2. The van der Waals surface area contributed by atoms with Gasteiger partial charge in [-0.2, -0.15) is 0 Å². The number of aromatic nitrogens is 1. The Bertz CT molecular complexity index is 1370. The van der Waals surface area contributed by atoms with Crippen LogP contribution in [0.5, 0.6) is 5.75 Å². The van der Waals surface area contributed by atoms with Gasteiger partial charge in [-0.15, -0.1) is 11.8 Å².